The number of aromatic nitrogens is 2. The number of nitrogens with two attached hydrogens (primary N) is 1. The molecule has 0 radical (unpaired) electrons. The summed E-state index contributed by atoms with van der Waals surface area (Å²) in [4.78, 5) is 12.5. The van der Waals surface area contributed by atoms with Crippen LogP contribution in [0.2, 0.25) is 5.02 Å². The van der Waals surface area contributed by atoms with Gasteiger partial charge in [0.15, 0.2) is 0 Å². The van der Waals surface area contributed by atoms with E-state index in [-0.39, 0.29) is 24.4 Å². The third-order valence-corrected chi connectivity index (χ3v) is 3.92. The largest absolute Gasteiger partial charge is 0.348 e. The van der Waals surface area contributed by atoms with E-state index in [4.69, 9.17) is 17.3 Å². The molecule has 0 fully saturated rings. The van der Waals surface area contributed by atoms with E-state index in [0.29, 0.717) is 23.0 Å². The van der Waals surface area contributed by atoms with Crippen LogP contribution in [0.25, 0.3) is 5.69 Å². The van der Waals surface area contributed by atoms with Gasteiger partial charge in [-0.2, -0.15) is 5.10 Å². The molecule has 0 aliphatic heterocycles. The van der Waals surface area contributed by atoms with Crippen LogP contribution in [-0.2, 0) is 0 Å². The molecule has 24 heavy (non-hydrogen) atoms. The van der Waals surface area contributed by atoms with Crippen molar-refractivity contribution in [3.05, 3.63) is 46.7 Å². The Kier molecular flexibility index (Phi) is 7.73. The molecule has 1 heterocycles. The lowest BCUT2D eigenvalue weighted by Gasteiger charge is -2.18. The SMILES string of the molecule is Cc1c(C(=O)NC(CN)CC(C)C)cnn1-c1cccc(Cl)c1.Cl. The Morgan fingerprint density at radius 1 is 1.42 bits per heavy atom. The van der Waals surface area contributed by atoms with Crippen LogP contribution in [0, 0.1) is 12.8 Å². The maximum absolute atomic E-state index is 12.5. The molecule has 1 aromatic carbocycles. The summed E-state index contributed by atoms with van der Waals surface area (Å²) in [6.07, 6.45) is 2.43. The zero-order valence-electron chi connectivity index (χ0n) is 14.1. The number of amides is 1. The first-order valence-corrected chi connectivity index (χ1v) is 8.11. The van der Waals surface area contributed by atoms with Gasteiger partial charge in [-0.3, -0.25) is 4.79 Å². The summed E-state index contributed by atoms with van der Waals surface area (Å²) in [6, 6.07) is 7.33. The van der Waals surface area contributed by atoms with Crippen molar-refractivity contribution < 1.29 is 4.79 Å². The van der Waals surface area contributed by atoms with E-state index >= 15 is 0 Å². The maximum Gasteiger partial charge on any atom is 0.255 e. The molecule has 0 aliphatic rings. The highest BCUT2D eigenvalue weighted by atomic mass is 35.5. The van der Waals surface area contributed by atoms with Crippen LogP contribution in [0.3, 0.4) is 0 Å². The minimum atomic E-state index is -0.146. The van der Waals surface area contributed by atoms with Crippen molar-refractivity contribution in [3.8, 4) is 5.69 Å². The molecule has 1 atom stereocenters. The molecule has 1 aromatic heterocycles. The van der Waals surface area contributed by atoms with Crippen LogP contribution < -0.4 is 11.1 Å². The van der Waals surface area contributed by atoms with Crippen LogP contribution >= 0.6 is 24.0 Å². The fourth-order valence-corrected chi connectivity index (χ4v) is 2.73. The lowest BCUT2D eigenvalue weighted by atomic mass is 10.0. The van der Waals surface area contributed by atoms with Crippen molar-refractivity contribution in [2.75, 3.05) is 6.54 Å². The lowest BCUT2D eigenvalue weighted by Crippen LogP contribution is -2.41. The zero-order valence-corrected chi connectivity index (χ0v) is 15.7. The summed E-state index contributed by atoms with van der Waals surface area (Å²) in [5.74, 6) is 0.325. The third kappa shape index (κ3) is 4.97. The molecular weight excluding hydrogens is 347 g/mol. The van der Waals surface area contributed by atoms with Crippen molar-refractivity contribution in [2.24, 2.45) is 11.7 Å². The second-order valence-corrected chi connectivity index (χ2v) is 6.51. The summed E-state index contributed by atoms with van der Waals surface area (Å²) in [7, 11) is 0. The van der Waals surface area contributed by atoms with Crippen LogP contribution in [0.5, 0.6) is 0 Å². The molecule has 3 N–H and O–H groups in total. The summed E-state index contributed by atoms with van der Waals surface area (Å²) in [5.41, 5.74) is 7.89. The van der Waals surface area contributed by atoms with Crippen molar-refractivity contribution in [1.82, 2.24) is 15.1 Å². The number of hydrogen-bond acceptors (Lipinski definition) is 3. The van der Waals surface area contributed by atoms with Gasteiger partial charge in [-0.1, -0.05) is 31.5 Å². The standard InChI is InChI=1S/C17H23ClN4O.ClH/c1-11(2)7-14(9-19)21-17(23)16-10-20-22(12(16)3)15-6-4-5-13(18)8-15;/h4-6,8,10-11,14H,7,9,19H2,1-3H3,(H,21,23);1H. The van der Waals surface area contributed by atoms with Gasteiger partial charge in [-0.05, 0) is 37.5 Å². The van der Waals surface area contributed by atoms with Gasteiger partial charge in [0.2, 0.25) is 0 Å². The van der Waals surface area contributed by atoms with Gasteiger partial charge in [0.25, 0.3) is 5.91 Å². The number of carbonyl (C=O) groups excluding carboxylic acids is 1. The van der Waals surface area contributed by atoms with E-state index in [1.807, 2.05) is 25.1 Å². The summed E-state index contributed by atoms with van der Waals surface area (Å²) in [5, 5.41) is 7.92. The zero-order chi connectivity index (χ0) is 17.0. The fourth-order valence-electron chi connectivity index (χ4n) is 2.55. The Morgan fingerprint density at radius 2 is 2.12 bits per heavy atom. The summed E-state index contributed by atoms with van der Waals surface area (Å²) >= 11 is 6.02. The predicted molar refractivity (Wildman–Crippen MR) is 100 cm³/mol. The van der Waals surface area contributed by atoms with Crippen LogP contribution in [0.15, 0.2) is 30.5 Å². The van der Waals surface area contributed by atoms with Gasteiger partial charge in [0.05, 0.1) is 23.1 Å². The molecule has 7 heteroatoms. The van der Waals surface area contributed by atoms with Crippen molar-refractivity contribution in [2.45, 2.75) is 33.2 Å². The summed E-state index contributed by atoms with van der Waals surface area (Å²) < 4.78 is 1.71. The van der Waals surface area contributed by atoms with Crippen LogP contribution in [-0.4, -0.2) is 28.3 Å². The normalized spacial score (nSPS) is 11.9. The molecule has 2 aromatic rings. The Hall–Kier alpha value is -1.56. The number of hydrogen-bond donors (Lipinski definition) is 2. The topological polar surface area (TPSA) is 72.9 Å². The number of halogens is 2. The van der Waals surface area contributed by atoms with E-state index in [1.165, 1.54) is 0 Å². The van der Waals surface area contributed by atoms with Gasteiger partial charge in [-0.15, -0.1) is 12.4 Å². The monoisotopic (exact) mass is 370 g/mol. The number of benzene rings is 1. The Bertz CT molecular complexity index is 685. The van der Waals surface area contributed by atoms with E-state index in [1.54, 1.807) is 16.9 Å². The Morgan fingerprint density at radius 3 is 2.71 bits per heavy atom. The maximum atomic E-state index is 12.5. The molecule has 0 bridgehead atoms. The highest BCUT2D eigenvalue weighted by Gasteiger charge is 2.18. The molecule has 0 saturated carbocycles. The van der Waals surface area contributed by atoms with Crippen molar-refractivity contribution >= 4 is 29.9 Å². The molecule has 1 amide bonds. The minimum absolute atomic E-state index is 0. The minimum Gasteiger partial charge on any atom is -0.348 e. The summed E-state index contributed by atoms with van der Waals surface area (Å²) in [6.45, 7) is 6.50. The Labute approximate surface area is 154 Å². The molecule has 5 nitrogen and oxygen atoms in total. The van der Waals surface area contributed by atoms with Gasteiger partial charge in [0.1, 0.15) is 0 Å². The molecule has 1 unspecified atom stereocenters. The van der Waals surface area contributed by atoms with Crippen molar-refractivity contribution in [3.63, 3.8) is 0 Å². The third-order valence-electron chi connectivity index (χ3n) is 3.68. The first-order chi connectivity index (χ1) is 10.9. The second-order valence-electron chi connectivity index (χ2n) is 6.07. The quantitative estimate of drug-likeness (QED) is 0.818. The van der Waals surface area contributed by atoms with Crippen molar-refractivity contribution in [1.29, 1.82) is 0 Å². The first kappa shape index (κ1) is 20.5. The predicted octanol–water partition coefficient (Wildman–Crippen LogP) is 3.36. The van der Waals surface area contributed by atoms with Crippen LogP contribution in [0.1, 0.15) is 36.3 Å². The molecule has 132 valence electrons. The van der Waals surface area contributed by atoms with Crippen LogP contribution in [0.4, 0.5) is 0 Å². The second kappa shape index (κ2) is 9.06. The van der Waals surface area contributed by atoms with Gasteiger partial charge < -0.3 is 11.1 Å². The Balaban J connectivity index is 0.00000288. The fraction of sp³-hybridized carbons (Fsp3) is 0.412. The highest BCUT2D eigenvalue weighted by Crippen LogP contribution is 2.18. The smallest absolute Gasteiger partial charge is 0.255 e. The number of carbonyl (C=O) groups is 1. The number of rotatable bonds is 6. The highest BCUT2D eigenvalue weighted by molar-refractivity contribution is 6.30. The molecular formula is C17H24Cl2N4O. The average Bonchev–Trinajstić information content (AvgIpc) is 2.87. The molecule has 2 rings (SSSR count). The van der Waals surface area contributed by atoms with Gasteiger partial charge >= 0.3 is 0 Å². The van der Waals surface area contributed by atoms with E-state index in [9.17, 15) is 4.79 Å². The van der Waals surface area contributed by atoms with E-state index in [0.717, 1.165) is 17.8 Å². The first-order valence-electron chi connectivity index (χ1n) is 7.73. The van der Waals surface area contributed by atoms with E-state index < -0.39 is 0 Å². The molecule has 0 aliphatic carbocycles. The lowest BCUT2D eigenvalue weighted by molar-refractivity contribution is 0.0933. The van der Waals surface area contributed by atoms with Gasteiger partial charge in [-0.25, -0.2) is 4.68 Å². The number of nitrogens with one attached hydrogen (secondary N) is 1. The molecule has 0 spiro atoms. The van der Waals surface area contributed by atoms with Gasteiger partial charge in [0, 0.05) is 17.6 Å². The average molecular weight is 371 g/mol. The molecule has 0 saturated heterocycles. The van der Waals surface area contributed by atoms with E-state index in [2.05, 4.69) is 24.3 Å². The number of nitrogens with zero attached hydrogens (tertiary/aromatic N) is 2.